The molecule has 1 aromatic heterocycles. The molecule has 0 N–H and O–H groups in total. The fraction of sp³-hybridized carbons (Fsp3) is 0.474. The van der Waals surface area contributed by atoms with Crippen molar-refractivity contribution in [3.8, 4) is 0 Å². The maximum Gasteiger partial charge on any atom is 0.256 e. The minimum atomic E-state index is 0.0863. The summed E-state index contributed by atoms with van der Waals surface area (Å²) in [6.45, 7) is 5.56. The van der Waals surface area contributed by atoms with E-state index in [9.17, 15) is 4.79 Å². The van der Waals surface area contributed by atoms with Gasteiger partial charge in [0.05, 0.1) is 11.1 Å². The fourth-order valence-electron chi connectivity index (χ4n) is 3.48. The van der Waals surface area contributed by atoms with Gasteiger partial charge in [-0.15, -0.1) is 0 Å². The van der Waals surface area contributed by atoms with E-state index < -0.39 is 0 Å². The smallest absolute Gasteiger partial charge is 0.256 e. The van der Waals surface area contributed by atoms with Crippen LogP contribution in [-0.4, -0.2) is 53.4 Å². The van der Waals surface area contributed by atoms with Gasteiger partial charge in [-0.2, -0.15) is 0 Å². The van der Waals surface area contributed by atoms with Crippen molar-refractivity contribution in [3.63, 3.8) is 0 Å². The molecule has 0 atom stereocenters. The van der Waals surface area contributed by atoms with Gasteiger partial charge in [0, 0.05) is 37.8 Å². The van der Waals surface area contributed by atoms with Gasteiger partial charge in [0.2, 0.25) is 0 Å². The molecule has 1 aliphatic heterocycles. The number of para-hydroxylation sites is 1. The quantitative estimate of drug-likeness (QED) is 0.870. The van der Waals surface area contributed by atoms with Crippen LogP contribution in [0.1, 0.15) is 36.5 Å². The predicted octanol–water partition coefficient (Wildman–Crippen LogP) is 3.18. The molecule has 0 unspecified atom stereocenters. The summed E-state index contributed by atoms with van der Waals surface area (Å²) in [6.07, 6.45) is 5.06. The summed E-state index contributed by atoms with van der Waals surface area (Å²) in [6, 6.07) is 10.1. The predicted molar refractivity (Wildman–Crippen MR) is 93.6 cm³/mol. The first kappa shape index (κ1) is 15.9. The second kappa shape index (κ2) is 7.09. The third kappa shape index (κ3) is 3.37. The van der Waals surface area contributed by atoms with Gasteiger partial charge in [0.15, 0.2) is 0 Å². The van der Waals surface area contributed by atoms with Crippen molar-refractivity contribution in [2.24, 2.45) is 0 Å². The van der Waals surface area contributed by atoms with Crippen molar-refractivity contribution in [2.75, 3.05) is 26.7 Å². The topological polar surface area (TPSA) is 36.4 Å². The van der Waals surface area contributed by atoms with E-state index in [0.717, 1.165) is 43.4 Å². The minimum absolute atomic E-state index is 0.0863. The first-order valence-corrected chi connectivity index (χ1v) is 8.54. The molecule has 2 aromatic rings. The summed E-state index contributed by atoms with van der Waals surface area (Å²) >= 11 is 0. The number of fused-ring (bicyclic) bond motifs is 1. The van der Waals surface area contributed by atoms with Crippen LogP contribution in [-0.2, 0) is 0 Å². The lowest BCUT2D eigenvalue weighted by Crippen LogP contribution is -2.45. The first-order chi connectivity index (χ1) is 11.2. The van der Waals surface area contributed by atoms with Crippen LogP contribution < -0.4 is 0 Å². The first-order valence-electron chi connectivity index (χ1n) is 8.54. The lowest BCUT2D eigenvalue weighted by Gasteiger charge is -2.36. The summed E-state index contributed by atoms with van der Waals surface area (Å²) in [5, 5.41) is 1.02. The van der Waals surface area contributed by atoms with Gasteiger partial charge in [-0.05, 0) is 37.9 Å². The van der Waals surface area contributed by atoms with Crippen LogP contribution in [0.5, 0.6) is 0 Å². The van der Waals surface area contributed by atoms with E-state index in [-0.39, 0.29) is 5.91 Å². The Hall–Kier alpha value is -1.94. The van der Waals surface area contributed by atoms with E-state index in [1.165, 1.54) is 6.42 Å². The lowest BCUT2D eigenvalue weighted by molar-refractivity contribution is 0.0644. The Kier molecular flexibility index (Phi) is 4.91. The van der Waals surface area contributed by atoms with Gasteiger partial charge in [0.25, 0.3) is 5.91 Å². The number of pyridine rings is 1. The van der Waals surface area contributed by atoms with E-state index in [0.29, 0.717) is 11.6 Å². The number of carbonyl (C=O) groups is 1. The molecule has 122 valence electrons. The molecule has 0 spiro atoms. The van der Waals surface area contributed by atoms with Gasteiger partial charge < -0.3 is 9.80 Å². The van der Waals surface area contributed by atoms with E-state index in [1.54, 1.807) is 6.20 Å². The van der Waals surface area contributed by atoms with Crippen molar-refractivity contribution in [1.29, 1.82) is 0 Å². The standard InChI is InChI=1S/C19H25N3O/c1-3-12-22-13-9-16(10-14-22)21(2)19(23)17-8-4-6-15-7-5-11-20-18(15)17/h4-8,11,16H,3,9-10,12-14H2,1-2H3. The summed E-state index contributed by atoms with van der Waals surface area (Å²) in [5.74, 6) is 0.0863. The molecule has 0 saturated carbocycles. The number of rotatable bonds is 4. The number of piperidine rings is 1. The molecule has 1 saturated heterocycles. The zero-order chi connectivity index (χ0) is 16.2. The zero-order valence-corrected chi connectivity index (χ0v) is 14.0. The normalized spacial score (nSPS) is 16.6. The molecule has 4 nitrogen and oxygen atoms in total. The summed E-state index contributed by atoms with van der Waals surface area (Å²) in [5.41, 5.74) is 1.51. The van der Waals surface area contributed by atoms with Crippen LogP contribution in [0.15, 0.2) is 36.5 Å². The van der Waals surface area contributed by atoms with Crippen molar-refractivity contribution in [2.45, 2.75) is 32.2 Å². The Bertz CT molecular complexity index is 672. The van der Waals surface area contributed by atoms with Gasteiger partial charge in [-0.3, -0.25) is 9.78 Å². The number of aromatic nitrogens is 1. The maximum atomic E-state index is 12.9. The summed E-state index contributed by atoms with van der Waals surface area (Å²) in [4.78, 5) is 21.8. The number of nitrogens with zero attached hydrogens (tertiary/aromatic N) is 3. The van der Waals surface area contributed by atoms with Crippen LogP contribution in [0, 0.1) is 0 Å². The van der Waals surface area contributed by atoms with Crippen molar-refractivity contribution in [3.05, 3.63) is 42.1 Å². The molecule has 2 heterocycles. The third-order valence-electron chi connectivity index (χ3n) is 4.83. The van der Waals surface area contributed by atoms with Gasteiger partial charge >= 0.3 is 0 Å². The maximum absolute atomic E-state index is 12.9. The molecule has 1 fully saturated rings. The molecule has 1 aromatic carbocycles. The Labute approximate surface area is 138 Å². The Morgan fingerprint density at radius 1 is 1.26 bits per heavy atom. The Balaban J connectivity index is 1.75. The largest absolute Gasteiger partial charge is 0.339 e. The third-order valence-corrected chi connectivity index (χ3v) is 4.83. The number of amides is 1. The van der Waals surface area contributed by atoms with Crippen molar-refractivity contribution < 1.29 is 4.79 Å². The van der Waals surface area contributed by atoms with Crippen LogP contribution in [0.25, 0.3) is 10.9 Å². The van der Waals surface area contributed by atoms with Crippen LogP contribution in [0.4, 0.5) is 0 Å². The molecular formula is C19H25N3O. The number of likely N-dealkylation sites (tertiary alicyclic amines) is 1. The molecule has 0 radical (unpaired) electrons. The number of benzene rings is 1. The van der Waals surface area contributed by atoms with Crippen LogP contribution >= 0.6 is 0 Å². The van der Waals surface area contributed by atoms with E-state index >= 15 is 0 Å². The van der Waals surface area contributed by atoms with Gasteiger partial charge in [-0.25, -0.2) is 0 Å². The molecule has 1 amide bonds. The SMILES string of the molecule is CCCN1CCC(N(C)C(=O)c2cccc3cccnc23)CC1. The van der Waals surface area contributed by atoms with Gasteiger partial charge in [-0.1, -0.05) is 25.1 Å². The molecule has 3 rings (SSSR count). The highest BCUT2D eigenvalue weighted by Crippen LogP contribution is 2.21. The van der Waals surface area contributed by atoms with Crippen molar-refractivity contribution in [1.82, 2.24) is 14.8 Å². The van der Waals surface area contributed by atoms with E-state index in [2.05, 4.69) is 16.8 Å². The second-order valence-electron chi connectivity index (χ2n) is 6.37. The Morgan fingerprint density at radius 3 is 2.74 bits per heavy atom. The Morgan fingerprint density at radius 2 is 2.00 bits per heavy atom. The monoisotopic (exact) mass is 311 g/mol. The fourth-order valence-corrected chi connectivity index (χ4v) is 3.48. The highest BCUT2D eigenvalue weighted by atomic mass is 16.2. The molecule has 0 bridgehead atoms. The second-order valence-corrected chi connectivity index (χ2v) is 6.37. The molecule has 23 heavy (non-hydrogen) atoms. The van der Waals surface area contributed by atoms with E-state index in [1.807, 2.05) is 42.3 Å². The number of hydrogen-bond acceptors (Lipinski definition) is 3. The van der Waals surface area contributed by atoms with E-state index in [4.69, 9.17) is 0 Å². The van der Waals surface area contributed by atoms with Crippen LogP contribution in [0.3, 0.4) is 0 Å². The highest BCUT2D eigenvalue weighted by Gasteiger charge is 2.26. The molecule has 1 aliphatic rings. The van der Waals surface area contributed by atoms with Gasteiger partial charge in [0.1, 0.15) is 0 Å². The van der Waals surface area contributed by atoms with Crippen LogP contribution in [0.2, 0.25) is 0 Å². The highest BCUT2D eigenvalue weighted by molar-refractivity contribution is 6.05. The lowest BCUT2D eigenvalue weighted by atomic mass is 10.0. The minimum Gasteiger partial charge on any atom is -0.339 e. The number of hydrogen-bond donors (Lipinski definition) is 0. The molecule has 4 heteroatoms. The summed E-state index contributed by atoms with van der Waals surface area (Å²) in [7, 11) is 1.93. The summed E-state index contributed by atoms with van der Waals surface area (Å²) < 4.78 is 0. The average Bonchev–Trinajstić information content (AvgIpc) is 2.61. The zero-order valence-electron chi connectivity index (χ0n) is 14.0. The number of carbonyl (C=O) groups excluding carboxylic acids is 1. The molecular weight excluding hydrogens is 286 g/mol. The van der Waals surface area contributed by atoms with Crippen molar-refractivity contribution >= 4 is 16.8 Å². The average molecular weight is 311 g/mol. The molecule has 0 aliphatic carbocycles.